The number of hydrogen-bond donors (Lipinski definition) is 1. The van der Waals surface area contributed by atoms with E-state index in [2.05, 4.69) is 4.98 Å². The SMILES string of the molecule is O=[N+]([O-])c1ccc(-c2ccc(/C=C/c3ccc4cccc(O)c4n3)o2)cc1. The first-order valence-corrected chi connectivity index (χ1v) is 8.22. The standard InChI is InChI=1S/C21H14N2O4/c24-19-3-1-2-15-4-7-16(22-21(15)19)8-11-18-12-13-20(27-18)14-5-9-17(10-6-14)23(25)26/h1-13,24H/b11-8+. The molecule has 27 heavy (non-hydrogen) atoms. The molecule has 0 saturated heterocycles. The number of phenolic OH excluding ortho intramolecular Hbond substituents is 1. The first-order chi connectivity index (χ1) is 13.1. The number of aromatic nitrogens is 1. The predicted molar refractivity (Wildman–Crippen MR) is 103 cm³/mol. The molecule has 2 aromatic heterocycles. The van der Waals surface area contributed by atoms with Crippen LogP contribution in [-0.2, 0) is 0 Å². The molecule has 6 nitrogen and oxygen atoms in total. The Morgan fingerprint density at radius 1 is 0.963 bits per heavy atom. The zero-order valence-corrected chi connectivity index (χ0v) is 14.1. The number of nitro groups is 1. The Morgan fingerprint density at radius 3 is 2.56 bits per heavy atom. The van der Waals surface area contributed by atoms with Crippen molar-refractivity contribution in [2.75, 3.05) is 0 Å². The fraction of sp³-hybridized carbons (Fsp3) is 0. The van der Waals surface area contributed by atoms with Crippen LogP contribution in [0.15, 0.2) is 71.1 Å². The second-order valence-electron chi connectivity index (χ2n) is 5.92. The van der Waals surface area contributed by atoms with E-state index >= 15 is 0 Å². The van der Waals surface area contributed by atoms with Gasteiger partial charge in [0, 0.05) is 23.1 Å². The molecule has 0 bridgehead atoms. The summed E-state index contributed by atoms with van der Waals surface area (Å²) in [5, 5.41) is 21.5. The fourth-order valence-corrected chi connectivity index (χ4v) is 2.75. The average Bonchev–Trinajstić information content (AvgIpc) is 3.16. The number of pyridine rings is 1. The van der Waals surface area contributed by atoms with Gasteiger partial charge in [0.2, 0.25) is 0 Å². The summed E-state index contributed by atoms with van der Waals surface area (Å²) in [6.45, 7) is 0. The van der Waals surface area contributed by atoms with Crippen molar-refractivity contribution in [2.45, 2.75) is 0 Å². The van der Waals surface area contributed by atoms with Crippen LogP contribution in [0, 0.1) is 10.1 Å². The normalized spacial score (nSPS) is 11.3. The van der Waals surface area contributed by atoms with Crippen molar-refractivity contribution >= 4 is 28.7 Å². The number of benzene rings is 2. The fourth-order valence-electron chi connectivity index (χ4n) is 2.75. The van der Waals surface area contributed by atoms with E-state index in [9.17, 15) is 15.2 Å². The van der Waals surface area contributed by atoms with Crippen molar-refractivity contribution in [3.8, 4) is 17.1 Å². The molecule has 1 N–H and O–H groups in total. The summed E-state index contributed by atoms with van der Waals surface area (Å²) >= 11 is 0. The number of furan rings is 1. The molecular weight excluding hydrogens is 344 g/mol. The number of nitrogens with zero attached hydrogens (tertiary/aromatic N) is 2. The van der Waals surface area contributed by atoms with E-state index in [0.29, 0.717) is 22.7 Å². The summed E-state index contributed by atoms with van der Waals surface area (Å²) in [6, 6.07) is 18.8. The van der Waals surface area contributed by atoms with Gasteiger partial charge in [-0.1, -0.05) is 18.2 Å². The van der Waals surface area contributed by atoms with Crippen LogP contribution in [0.25, 0.3) is 34.4 Å². The molecule has 0 unspecified atom stereocenters. The largest absolute Gasteiger partial charge is 0.506 e. The minimum absolute atomic E-state index is 0.0380. The third-order valence-corrected chi connectivity index (χ3v) is 4.13. The molecule has 0 atom stereocenters. The lowest BCUT2D eigenvalue weighted by molar-refractivity contribution is -0.384. The molecule has 6 heteroatoms. The molecule has 2 heterocycles. The Bertz CT molecular complexity index is 1160. The van der Waals surface area contributed by atoms with E-state index in [4.69, 9.17) is 4.42 Å². The van der Waals surface area contributed by atoms with Gasteiger partial charge in [0.25, 0.3) is 5.69 Å². The number of para-hydroxylation sites is 1. The molecule has 0 aliphatic heterocycles. The van der Waals surface area contributed by atoms with Gasteiger partial charge < -0.3 is 9.52 Å². The smallest absolute Gasteiger partial charge is 0.269 e. The van der Waals surface area contributed by atoms with Gasteiger partial charge in [-0.2, -0.15) is 0 Å². The number of fused-ring (bicyclic) bond motifs is 1. The third-order valence-electron chi connectivity index (χ3n) is 4.13. The van der Waals surface area contributed by atoms with Crippen molar-refractivity contribution in [1.82, 2.24) is 4.98 Å². The summed E-state index contributed by atoms with van der Waals surface area (Å²) in [4.78, 5) is 14.7. The molecule has 4 aromatic rings. The van der Waals surface area contributed by atoms with Crippen molar-refractivity contribution in [3.63, 3.8) is 0 Å². The van der Waals surface area contributed by atoms with Gasteiger partial charge in [0.1, 0.15) is 22.8 Å². The highest BCUT2D eigenvalue weighted by atomic mass is 16.6. The van der Waals surface area contributed by atoms with Gasteiger partial charge in [-0.15, -0.1) is 0 Å². The summed E-state index contributed by atoms with van der Waals surface area (Å²) in [7, 11) is 0. The van der Waals surface area contributed by atoms with Crippen LogP contribution in [0.5, 0.6) is 5.75 Å². The van der Waals surface area contributed by atoms with Crippen molar-refractivity contribution < 1.29 is 14.4 Å². The lowest BCUT2D eigenvalue weighted by Gasteiger charge is -2.01. The van der Waals surface area contributed by atoms with Gasteiger partial charge in [-0.3, -0.25) is 10.1 Å². The molecule has 4 rings (SSSR count). The van der Waals surface area contributed by atoms with Crippen molar-refractivity contribution in [2.24, 2.45) is 0 Å². The summed E-state index contributed by atoms with van der Waals surface area (Å²) in [5.74, 6) is 1.39. The topological polar surface area (TPSA) is 89.4 Å². The second kappa shape index (κ2) is 6.76. The Morgan fingerprint density at radius 2 is 1.78 bits per heavy atom. The number of rotatable bonds is 4. The highest BCUT2D eigenvalue weighted by Crippen LogP contribution is 2.26. The first-order valence-electron chi connectivity index (χ1n) is 8.22. The zero-order valence-electron chi connectivity index (χ0n) is 14.1. The molecular formula is C21H14N2O4. The van der Waals surface area contributed by atoms with Crippen molar-refractivity contribution in [1.29, 1.82) is 0 Å². The van der Waals surface area contributed by atoms with Gasteiger partial charge in [-0.25, -0.2) is 4.98 Å². The maximum absolute atomic E-state index is 10.7. The van der Waals surface area contributed by atoms with Gasteiger partial charge in [0.05, 0.1) is 10.6 Å². The summed E-state index contributed by atoms with van der Waals surface area (Å²) in [5.41, 5.74) is 2.04. The Labute approximate surface area is 154 Å². The highest BCUT2D eigenvalue weighted by Gasteiger charge is 2.08. The Hall–Kier alpha value is -3.93. The molecule has 132 valence electrons. The molecule has 0 saturated carbocycles. The first kappa shape index (κ1) is 16.5. The maximum Gasteiger partial charge on any atom is 0.269 e. The van der Waals surface area contributed by atoms with Crippen LogP contribution < -0.4 is 0 Å². The third kappa shape index (κ3) is 3.41. The Balaban J connectivity index is 1.57. The minimum Gasteiger partial charge on any atom is -0.506 e. The van der Waals surface area contributed by atoms with E-state index in [1.807, 2.05) is 24.3 Å². The van der Waals surface area contributed by atoms with E-state index in [-0.39, 0.29) is 11.4 Å². The van der Waals surface area contributed by atoms with Crippen LogP contribution in [0.4, 0.5) is 5.69 Å². The van der Waals surface area contributed by atoms with Gasteiger partial charge in [-0.05, 0) is 48.6 Å². The van der Waals surface area contributed by atoms with Crippen LogP contribution >= 0.6 is 0 Å². The molecule has 0 radical (unpaired) electrons. The highest BCUT2D eigenvalue weighted by molar-refractivity contribution is 5.85. The number of hydrogen-bond acceptors (Lipinski definition) is 5. The molecule has 0 fully saturated rings. The van der Waals surface area contributed by atoms with Gasteiger partial charge in [0.15, 0.2) is 0 Å². The predicted octanol–water partition coefficient (Wildman–Crippen LogP) is 5.28. The van der Waals surface area contributed by atoms with Crippen LogP contribution in [0.3, 0.4) is 0 Å². The zero-order chi connectivity index (χ0) is 18.8. The van der Waals surface area contributed by atoms with E-state index in [0.717, 1.165) is 10.9 Å². The van der Waals surface area contributed by atoms with E-state index in [1.165, 1.54) is 12.1 Å². The molecule has 0 spiro atoms. The van der Waals surface area contributed by atoms with Crippen LogP contribution in [0.1, 0.15) is 11.5 Å². The minimum atomic E-state index is -0.436. The average molecular weight is 358 g/mol. The quantitative estimate of drug-likeness (QED) is 0.396. The molecule has 2 aromatic carbocycles. The second-order valence-corrected chi connectivity index (χ2v) is 5.92. The summed E-state index contributed by atoms with van der Waals surface area (Å²) < 4.78 is 5.77. The number of non-ortho nitro benzene ring substituents is 1. The number of phenols is 1. The van der Waals surface area contributed by atoms with E-state index < -0.39 is 4.92 Å². The summed E-state index contributed by atoms with van der Waals surface area (Å²) in [6.07, 6.45) is 3.58. The monoisotopic (exact) mass is 358 g/mol. The lowest BCUT2D eigenvalue weighted by atomic mass is 10.1. The van der Waals surface area contributed by atoms with Gasteiger partial charge >= 0.3 is 0 Å². The lowest BCUT2D eigenvalue weighted by Crippen LogP contribution is -1.86. The van der Waals surface area contributed by atoms with Crippen molar-refractivity contribution in [3.05, 3.63) is 88.3 Å². The van der Waals surface area contributed by atoms with Crippen LogP contribution in [-0.4, -0.2) is 15.0 Å². The number of nitro benzene ring substituents is 1. The van der Waals surface area contributed by atoms with Crippen LogP contribution in [0.2, 0.25) is 0 Å². The molecule has 0 aliphatic carbocycles. The number of aromatic hydroxyl groups is 1. The Kier molecular flexibility index (Phi) is 4.14. The maximum atomic E-state index is 10.7. The van der Waals surface area contributed by atoms with E-state index in [1.54, 1.807) is 42.5 Å². The molecule has 0 aliphatic rings. The molecule has 0 amide bonds.